The van der Waals surface area contributed by atoms with Crippen molar-refractivity contribution in [1.82, 2.24) is 5.32 Å². The van der Waals surface area contributed by atoms with Crippen LogP contribution in [0.2, 0.25) is 5.02 Å². The van der Waals surface area contributed by atoms with Gasteiger partial charge in [-0.25, -0.2) is 14.0 Å². The average Bonchev–Trinajstić information content (AvgIpc) is 3.25. The summed E-state index contributed by atoms with van der Waals surface area (Å²) in [4.78, 5) is 24.6. The van der Waals surface area contributed by atoms with Gasteiger partial charge < -0.3 is 19.9 Å². The first-order chi connectivity index (χ1) is 18.9. The lowest BCUT2D eigenvalue weighted by molar-refractivity contribution is -0.139. The number of aliphatic carboxylic acids is 1. The fourth-order valence-electron chi connectivity index (χ4n) is 4.81. The molecule has 8 heteroatoms. The molecule has 0 aromatic heterocycles. The highest BCUT2D eigenvalue weighted by Gasteiger charge is 2.29. The van der Waals surface area contributed by atoms with Crippen LogP contribution in [0.1, 0.15) is 28.2 Å². The van der Waals surface area contributed by atoms with Crippen molar-refractivity contribution in [2.24, 2.45) is 0 Å². The maximum atomic E-state index is 14.0. The van der Waals surface area contributed by atoms with Crippen LogP contribution in [0.5, 0.6) is 5.75 Å². The van der Waals surface area contributed by atoms with Gasteiger partial charge in [-0.1, -0.05) is 78.3 Å². The van der Waals surface area contributed by atoms with Crippen LogP contribution in [0.4, 0.5) is 9.18 Å². The van der Waals surface area contributed by atoms with Gasteiger partial charge in [-0.05, 0) is 52.1 Å². The summed E-state index contributed by atoms with van der Waals surface area (Å²) in [5.41, 5.74) is 5.17. The van der Waals surface area contributed by atoms with E-state index in [-0.39, 0.29) is 36.1 Å². The number of rotatable bonds is 9. The Balaban J connectivity index is 1.21. The number of alkyl carbamates (subject to hydrolysis) is 1. The van der Waals surface area contributed by atoms with Gasteiger partial charge in [-0.2, -0.15) is 0 Å². The molecule has 6 nitrogen and oxygen atoms in total. The number of ether oxygens (including phenoxy) is 2. The zero-order valence-corrected chi connectivity index (χ0v) is 21.5. The number of halogens is 2. The minimum absolute atomic E-state index is 0.00279. The number of fused-ring (bicyclic) bond motifs is 3. The van der Waals surface area contributed by atoms with E-state index in [4.69, 9.17) is 21.1 Å². The molecule has 198 valence electrons. The molecule has 1 aliphatic rings. The van der Waals surface area contributed by atoms with Crippen LogP contribution in [-0.2, 0) is 22.6 Å². The summed E-state index contributed by atoms with van der Waals surface area (Å²) in [6, 6.07) is 25.8. The zero-order valence-electron chi connectivity index (χ0n) is 20.8. The molecule has 39 heavy (non-hydrogen) atoms. The van der Waals surface area contributed by atoms with Crippen LogP contribution in [-0.4, -0.2) is 29.8 Å². The fourth-order valence-corrected chi connectivity index (χ4v) is 5.02. The molecule has 0 saturated carbocycles. The van der Waals surface area contributed by atoms with E-state index in [1.807, 2.05) is 48.5 Å². The molecular weight excluding hydrogens is 521 g/mol. The molecule has 1 atom stereocenters. The van der Waals surface area contributed by atoms with Crippen molar-refractivity contribution in [3.05, 3.63) is 124 Å². The second-order valence-electron chi connectivity index (χ2n) is 9.20. The van der Waals surface area contributed by atoms with E-state index in [1.165, 1.54) is 12.1 Å². The van der Waals surface area contributed by atoms with Gasteiger partial charge in [0.05, 0.1) is 5.02 Å². The Labute approximate surface area is 230 Å². The highest BCUT2D eigenvalue weighted by molar-refractivity contribution is 6.31. The van der Waals surface area contributed by atoms with Gasteiger partial charge in [0.2, 0.25) is 0 Å². The number of nitrogens with one attached hydrogen (secondary N) is 1. The molecule has 1 aliphatic carbocycles. The Morgan fingerprint density at radius 2 is 1.59 bits per heavy atom. The number of benzene rings is 4. The number of carboxylic acid groups (broad SMARTS) is 1. The Bertz CT molecular complexity index is 1460. The fraction of sp³-hybridized carbons (Fsp3) is 0.161. The van der Waals surface area contributed by atoms with E-state index in [0.29, 0.717) is 11.3 Å². The van der Waals surface area contributed by atoms with Gasteiger partial charge in [-0.3, -0.25) is 0 Å². The van der Waals surface area contributed by atoms with E-state index in [9.17, 15) is 19.1 Å². The highest BCUT2D eigenvalue weighted by Crippen LogP contribution is 2.44. The zero-order chi connectivity index (χ0) is 27.4. The monoisotopic (exact) mass is 545 g/mol. The predicted octanol–water partition coefficient (Wildman–Crippen LogP) is 6.59. The predicted molar refractivity (Wildman–Crippen MR) is 146 cm³/mol. The molecule has 0 fully saturated rings. The smallest absolute Gasteiger partial charge is 0.407 e. The van der Waals surface area contributed by atoms with Crippen LogP contribution in [0.15, 0.2) is 91.0 Å². The molecule has 2 N–H and O–H groups in total. The standard InChI is InChI=1S/C31H25ClFNO5/c32-27-13-6-14-28(33)26(27)18-38-20-8-5-7-19(15-20)16-29(30(35)36)34-31(37)39-17-25-23-11-3-1-9-21(23)22-10-2-4-12-24(22)25/h1-15,25,29H,16-18H2,(H,34,37)(H,35,36). The third kappa shape index (κ3) is 5.89. The van der Waals surface area contributed by atoms with E-state index in [0.717, 1.165) is 22.3 Å². The van der Waals surface area contributed by atoms with Gasteiger partial charge in [-0.15, -0.1) is 0 Å². The normalized spacial score (nSPS) is 12.8. The third-order valence-corrected chi connectivity index (χ3v) is 7.07. The van der Waals surface area contributed by atoms with Crippen LogP contribution < -0.4 is 10.1 Å². The van der Waals surface area contributed by atoms with Crippen LogP contribution >= 0.6 is 11.6 Å². The maximum Gasteiger partial charge on any atom is 0.407 e. The third-order valence-electron chi connectivity index (χ3n) is 6.72. The Hall–Kier alpha value is -4.36. The topological polar surface area (TPSA) is 84.9 Å². The van der Waals surface area contributed by atoms with Crippen molar-refractivity contribution >= 4 is 23.7 Å². The van der Waals surface area contributed by atoms with Gasteiger partial charge in [0.25, 0.3) is 0 Å². The van der Waals surface area contributed by atoms with Crippen LogP contribution in [0, 0.1) is 5.82 Å². The molecule has 0 heterocycles. The summed E-state index contributed by atoms with van der Waals surface area (Å²) in [6.45, 7) is -0.0105. The molecule has 0 saturated heterocycles. The van der Waals surface area contributed by atoms with Crippen LogP contribution in [0.25, 0.3) is 11.1 Å². The van der Waals surface area contributed by atoms with Crippen LogP contribution in [0.3, 0.4) is 0 Å². The summed E-state index contributed by atoms with van der Waals surface area (Å²) in [5.74, 6) is -1.40. The van der Waals surface area contributed by atoms with E-state index < -0.39 is 23.9 Å². The number of hydrogen-bond acceptors (Lipinski definition) is 4. The van der Waals surface area contributed by atoms with E-state index in [2.05, 4.69) is 5.32 Å². The highest BCUT2D eigenvalue weighted by atomic mass is 35.5. The molecule has 4 aromatic carbocycles. The molecule has 1 amide bonds. The number of carboxylic acids is 1. The Morgan fingerprint density at radius 1 is 0.923 bits per heavy atom. The number of amides is 1. The van der Waals surface area contributed by atoms with Gasteiger partial charge in [0.1, 0.15) is 30.8 Å². The molecular formula is C31H25ClFNO5. The van der Waals surface area contributed by atoms with Gasteiger partial charge in [0.15, 0.2) is 0 Å². The van der Waals surface area contributed by atoms with Crippen molar-refractivity contribution < 1.29 is 28.6 Å². The molecule has 0 bridgehead atoms. The number of carbonyl (C=O) groups is 2. The lowest BCUT2D eigenvalue weighted by atomic mass is 9.98. The summed E-state index contributed by atoms with van der Waals surface area (Å²) in [5, 5.41) is 12.5. The lowest BCUT2D eigenvalue weighted by Gasteiger charge is -2.18. The quantitative estimate of drug-likeness (QED) is 0.248. The summed E-state index contributed by atoms with van der Waals surface area (Å²) >= 11 is 6.06. The maximum absolute atomic E-state index is 14.0. The van der Waals surface area contributed by atoms with Gasteiger partial charge in [0, 0.05) is 17.9 Å². The van der Waals surface area contributed by atoms with Crippen molar-refractivity contribution in [3.8, 4) is 16.9 Å². The largest absolute Gasteiger partial charge is 0.489 e. The Kier molecular flexibility index (Phi) is 7.79. The Morgan fingerprint density at radius 3 is 2.26 bits per heavy atom. The van der Waals surface area contributed by atoms with Crippen molar-refractivity contribution in [3.63, 3.8) is 0 Å². The molecule has 0 radical (unpaired) electrons. The minimum Gasteiger partial charge on any atom is -0.489 e. The second kappa shape index (κ2) is 11.6. The number of carbonyl (C=O) groups excluding carboxylic acids is 1. The number of hydrogen-bond donors (Lipinski definition) is 2. The molecule has 0 spiro atoms. The first-order valence-corrected chi connectivity index (χ1v) is 12.8. The summed E-state index contributed by atoms with van der Waals surface area (Å²) < 4.78 is 25.2. The second-order valence-corrected chi connectivity index (χ2v) is 9.61. The first kappa shape index (κ1) is 26.3. The molecule has 4 aromatic rings. The average molecular weight is 546 g/mol. The SMILES string of the molecule is O=C(NC(Cc1cccc(OCc2c(F)cccc2Cl)c1)C(=O)O)OCC1c2ccccc2-c2ccccc21. The van der Waals surface area contributed by atoms with Crippen molar-refractivity contribution in [2.75, 3.05) is 6.61 Å². The van der Waals surface area contributed by atoms with Crippen molar-refractivity contribution in [2.45, 2.75) is 25.0 Å². The first-order valence-electron chi connectivity index (χ1n) is 12.4. The van der Waals surface area contributed by atoms with E-state index >= 15 is 0 Å². The lowest BCUT2D eigenvalue weighted by Crippen LogP contribution is -2.42. The minimum atomic E-state index is -1.23. The molecule has 5 rings (SSSR count). The van der Waals surface area contributed by atoms with Crippen molar-refractivity contribution in [1.29, 1.82) is 0 Å². The molecule has 1 unspecified atom stereocenters. The van der Waals surface area contributed by atoms with Gasteiger partial charge >= 0.3 is 12.1 Å². The summed E-state index contributed by atoms with van der Waals surface area (Å²) in [7, 11) is 0. The summed E-state index contributed by atoms with van der Waals surface area (Å²) in [6.07, 6.45) is -0.817. The van der Waals surface area contributed by atoms with E-state index in [1.54, 1.807) is 30.3 Å². The molecule has 0 aliphatic heterocycles.